The van der Waals surface area contributed by atoms with Crippen LogP contribution >= 0.6 is 0 Å². The SMILES string of the molecule is CC[C@H](C)C(NC(=O)[C@H](CC(C)C)NC(=O)O)C(=O)C(=O)NC(C)(C)C(=O)NC(Cc1ccc2ccccc2c1)C(N)=O. The summed E-state index contributed by atoms with van der Waals surface area (Å²) in [6.07, 6.45) is -0.685. The molecule has 0 saturated carbocycles. The van der Waals surface area contributed by atoms with E-state index >= 15 is 0 Å². The fourth-order valence-corrected chi connectivity index (χ4v) is 4.51. The number of primary amides is 1. The zero-order valence-corrected chi connectivity index (χ0v) is 25.5. The maximum Gasteiger partial charge on any atom is 0.405 e. The van der Waals surface area contributed by atoms with Crippen molar-refractivity contribution in [3.63, 3.8) is 0 Å². The van der Waals surface area contributed by atoms with Gasteiger partial charge < -0.3 is 32.1 Å². The van der Waals surface area contributed by atoms with Gasteiger partial charge in [-0.15, -0.1) is 0 Å². The largest absolute Gasteiger partial charge is 0.465 e. The van der Waals surface area contributed by atoms with Gasteiger partial charge in [-0.1, -0.05) is 76.6 Å². The van der Waals surface area contributed by atoms with Gasteiger partial charge in [-0.2, -0.15) is 0 Å². The summed E-state index contributed by atoms with van der Waals surface area (Å²) in [4.78, 5) is 75.9. The lowest BCUT2D eigenvalue weighted by Crippen LogP contribution is -2.62. The summed E-state index contributed by atoms with van der Waals surface area (Å²) in [6.45, 7) is 9.80. The van der Waals surface area contributed by atoms with Gasteiger partial charge in [0, 0.05) is 6.42 Å². The first-order chi connectivity index (χ1) is 20.0. The highest BCUT2D eigenvalue weighted by molar-refractivity contribution is 6.39. The van der Waals surface area contributed by atoms with E-state index < -0.39 is 65.1 Å². The average Bonchev–Trinajstić information content (AvgIpc) is 2.93. The Morgan fingerprint density at radius 2 is 1.51 bits per heavy atom. The van der Waals surface area contributed by atoms with Gasteiger partial charge in [-0.3, -0.25) is 24.0 Å². The van der Waals surface area contributed by atoms with Crippen LogP contribution in [0.2, 0.25) is 0 Å². The number of nitrogens with one attached hydrogen (secondary N) is 4. The summed E-state index contributed by atoms with van der Waals surface area (Å²) in [5.41, 5.74) is 4.70. The maximum atomic E-state index is 13.3. The smallest absolute Gasteiger partial charge is 0.405 e. The third-order valence-corrected chi connectivity index (χ3v) is 7.23. The van der Waals surface area contributed by atoms with E-state index in [1.54, 1.807) is 13.8 Å². The van der Waals surface area contributed by atoms with Gasteiger partial charge in [0.05, 0.1) is 6.04 Å². The fraction of sp³-hybridized carbons (Fsp3) is 0.484. The molecule has 234 valence electrons. The average molecular weight is 598 g/mol. The molecule has 4 atom stereocenters. The number of hydrogen-bond donors (Lipinski definition) is 6. The molecule has 0 saturated heterocycles. The molecule has 43 heavy (non-hydrogen) atoms. The summed E-state index contributed by atoms with van der Waals surface area (Å²) in [7, 11) is 0. The van der Waals surface area contributed by atoms with Crippen LogP contribution in [-0.4, -0.2) is 64.3 Å². The molecule has 0 aliphatic rings. The highest BCUT2D eigenvalue weighted by Gasteiger charge is 2.38. The molecule has 2 aromatic carbocycles. The van der Waals surface area contributed by atoms with Gasteiger partial charge in [0.2, 0.25) is 23.5 Å². The molecule has 0 aliphatic heterocycles. The number of hydrogen-bond acceptors (Lipinski definition) is 6. The molecule has 0 aromatic heterocycles. The Morgan fingerprint density at radius 3 is 2.07 bits per heavy atom. The van der Waals surface area contributed by atoms with Gasteiger partial charge in [0.1, 0.15) is 17.6 Å². The molecule has 12 nitrogen and oxygen atoms in total. The highest BCUT2D eigenvalue weighted by atomic mass is 16.4. The second kappa shape index (κ2) is 15.1. The minimum Gasteiger partial charge on any atom is -0.465 e. The van der Waals surface area contributed by atoms with E-state index in [0.29, 0.717) is 6.42 Å². The number of rotatable bonds is 15. The van der Waals surface area contributed by atoms with E-state index in [4.69, 9.17) is 10.8 Å². The van der Waals surface area contributed by atoms with Gasteiger partial charge in [0.25, 0.3) is 5.91 Å². The lowest BCUT2D eigenvalue weighted by Gasteiger charge is -2.29. The number of ketones is 1. The lowest BCUT2D eigenvalue weighted by molar-refractivity contribution is -0.143. The molecule has 0 aliphatic carbocycles. The summed E-state index contributed by atoms with van der Waals surface area (Å²) in [6, 6.07) is 9.81. The van der Waals surface area contributed by atoms with Gasteiger partial charge in [-0.25, -0.2) is 4.79 Å². The summed E-state index contributed by atoms with van der Waals surface area (Å²) < 4.78 is 0. The van der Waals surface area contributed by atoms with Gasteiger partial charge in [0.15, 0.2) is 0 Å². The first-order valence-corrected chi connectivity index (χ1v) is 14.3. The van der Waals surface area contributed by atoms with Crippen molar-refractivity contribution in [3.05, 3.63) is 48.0 Å². The van der Waals surface area contributed by atoms with Crippen molar-refractivity contribution in [2.45, 2.75) is 84.5 Å². The summed E-state index contributed by atoms with van der Waals surface area (Å²) in [5.74, 6) is -4.89. The number of amides is 5. The predicted octanol–water partition coefficient (Wildman–Crippen LogP) is 2.03. The van der Waals surface area contributed by atoms with E-state index in [1.165, 1.54) is 13.8 Å². The Hall–Kier alpha value is -4.48. The van der Waals surface area contributed by atoms with Crippen LogP contribution in [0.15, 0.2) is 42.5 Å². The van der Waals surface area contributed by atoms with Crippen molar-refractivity contribution in [1.29, 1.82) is 0 Å². The van der Waals surface area contributed by atoms with Crippen LogP contribution < -0.4 is 27.0 Å². The van der Waals surface area contributed by atoms with Crippen LogP contribution in [0.25, 0.3) is 10.8 Å². The molecule has 2 aromatic rings. The second-order valence-electron chi connectivity index (χ2n) is 11.8. The van der Waals surface area contributed by atoms with Crippen molar-refractivity contribution in [2.75, 3.05) is 0 Å². The quantitative estimate of drug-likeness (QED) is 0.169. The van der Waals surface area contributed by atoms with Crippen LogP contribution in [-0.2, 0) is 30.4 Å². The highest BCUT2D eigenvalue weighted by Crippen LogP contribution is 2.17. The van der Waals surface area contributed by atoms with Crippen LogP contribution in [0.4, 0.5) is 4.79 Å². The number of fused-ring (bicyclic) bond motifs is 1. The van der Waals surface area contributed by atoms with Crippen LogP contribution in [0.5, 0.6) is 0 Å². The molecule has 0 fully saturated rings. The molecular formula is C31H43N5O7. The standard InChI is InChI=1S/C31H43N5O7/c1-7-18(4)24(35-27(39)23(14-17(2)3)34-30(42)43)25(37)28(40)36-31(5,6)29(41)33-22(26(32)38)16-19-12-13-20-10-8-9-11-21(20)15-19/h8-13,15,17-18,22-24,34H,7,14,16H2,1-6H3,(H2,32,38)(H,33,41)(H,35,39)(H,36,40)(H,42,43)/t18-,22?,23-,24?/m0/s1. The Labute approximate surface area is 251 Å². The maximum absolute atomic E-state index is 13.3. The third-order valence-electron chi connectivity index (χ3n) is 7.23. The first kappa shape index (κ1) is 34.7. The minimum atomic E-state index is -1.64. The van der Waals surface area contributed by atoms with Crippen molar-refractivity contribution in [2.24, 2.45) is 17.6 Å². The van der Waals surface area contributed by atoms with E-state index in [0.717, 1.165) is 16.3 Å². The number of carboxylic acid groups (broad SMARTS) is 1. The van der Waals surface area contributed by atoms with Crippen molar-refractivity contribution in [1.82, 2.24) is 21.3 Å². The number of nitrogens with two attached hydrogens (primary N) is 1. The molecule has 2 unspecified atom stereocenters. The zero-order valence-electron chi connectivity index (χ0n) is 25.5. The van der Waals surface area contributed by atoms with Crippen molar-refractivity contribution in [3.8, 4) is 0 Å². The minimum absolute atomic E-state index is 0.0339. The van der Waals surface area contributed by atoms with Crippen molar-refractivity contribution >= 4 is 46.3 Å². The molecule has 7 N–H and O–H groups in total. The van der Waals surface area contributed by atoms with Crippen molar-refractivity contribution < 1.29 is 33.9 Å². The normalized spacial score (nSPS) is 14.2. The van der Waals surface area contributed by atoms with Gasteiger partial charge >= 0.3 is 6.09 Å². The van der Waals surface area contributed by atoms with Crippen LogP contribution in [0, 0.1) is 11.8 Å². The van der Waals surface area contributed by atoms with E-state index in [2.05, 4.69) is 21.3 Å². The Balaban J connectivity index is 2.15. The van der Waals surface area contributed by atoms with Crippen LogP contribution in [0.1, 0.15) is 59.9 Å². The first-order valence-electron chi connectivity index (χ1n) is 14.3. The summed E-state index contributed by atoms with van der Waals surface area (Å²) >= 11 is 0. The monoisotopic (exact) mass is 597 g/mol. The van der Waals surface area contributed by atoms with E-state index in [9.17, 15) is 28.8 Å². The molecular weight excluding hydrogens is 554 g/mol. The Bertz CT molecular complexity index is 1360. The van der Waals surface area contributed by atoms with Gasteiger partial charge in [-0.05, 0) is 48.4 Å². The number of carbonyl (C=O) groups excluding carboxylic acids is 5. The van der Waals surface area contributed by atoms with E-state index in [-0.39, 0.29) is 18.8 Å². The van der Waals surface area contributed by atoms with E-state index in [1.807, 2.05) is 56.3 Å². The molecule has 0 radical (unpaired) electrons. The Kier molecular flexibility index (Phi) is 12.2. The third kappa shape index (κ3) is 10.1. The zero-order chi connectivity index (χ0) is 32.5. The molecule has 0 spiro atoms. The topological polar surface area (TPSA) is 197 Å². The fourth-order valence-electron chi connectivity index (χ4n) is 4.51. The lowest BCUT2D eigenvalue weighted by atomic mass is 9.93. The van der Waals surface area contributed by atoms with Crippen LogP contribution in [0.3, 0.4) is 0 Å². The Morgan fingerprint density at radius 1 is 0.884 bits per heavy atom. The number of carbonyl (C=O) groups is 6. The molecule has 2 rings (SSSR count). The second-order valence-corrected chi connectivity index (χ2v) is 11.8. The molecule has 0 heterocycles. The predicted molar refractivity (Wildman–Crippen MR) is 162 cm³/mol. The number of Topliss-reactive ketones (excluding diaryl/α,β-unsaturated/α-hetero) is 1. The summed E-state index contributed by atoms with van der Waals surface area (Å²) in [5, 5.41) is 20.8. The molecule has 0 bridgehead atoms. The molecule has 12 heteroatoms. The number of benzene rings is 2. The molecule has 5 amide bonds.